The molecule has 0 saturated carbocycles. The second kappa shape index (κ2) is 9.93. The molecule has 0 bridgehead atoms. The second-order valence-corrected chi connectivity index (χ2v) is 8.63. The quantitative estimate of drug-likeness (QED) is 0.181. The maximum atomic E-state index is 9.27. The van der Waals surface area contributed by atoms with Crippen molar-refractivity contribution >= 4 is 39.6 Å². The Kier molecular flexibility index (Phi) is 6.60. The molecule has 168 valence electrons. The van der Waals surface area contributed by atoms with Crippen molar-refractivity contribution in [1.82, 2.24) is 10.4 Å². The predicted octanol–water partition coefficient (Wildman–Crippen LogP) is 4.80. The number of hydrazine groups is 1. The van der Waals surface area contributed by atoms with E-state index in [0.29, 0.717) is 11.8 Å². The number of hydrogen-bond donors (Lipinski definition) is 3. The minimum atomic E-state index is -1.85. The molecule has 5 nitrogen and oxygen atoms in total. The molecule has 33 heavy (non-hydrogen) atoms. The molecule has 3 N–H and O–H groups in total. The Bertz CT molecular complexity index is 1290. The molecule has 2 aliphatic heterocycles. The molecule has 1 atom stereocenters. The van der Waals surface area contributed by atoms with Gasteiger partial charge in [0.1, 0.15) is 5.75 Å². The molecule has 2 aliphatic rings. The molecular formula is C27H29BN2O3. The summed E-state index contributed by atoms with van der Waals surface area (Å²) in [6.07, 6.45) is 9.92. The van der Waals surface area contributed by atoms with Gasteiger partial charge in [0.25, 0.3) is 0 Å². The minimum Gasteiger partial charge on any atom is -0.511 e. The molecule has 2 heterocycles. The highest BCUT2D eigenvalue weighted by molar-refractivity contribution is 6.35. The fraction of sp³-hybridized carbons (Fsp3) is 0.259. The Hall–Kier alpha value is -2.90. The Morgan fingerprint density at radius 2 is 1.64 bits per heavy atom. The summed E-state index contributed by atoms with van der Waals surface area (Å²) in [6.45, 7) is 2.37. The van der Waals surface area contributed by atoms with E-state index < -0.39 is 7.32 Å². The highest BCUT2D eigenvalue weighted by Gasteiger charge is 2.19. The zero-order valence-electron chi connectivity index (χ0n) is 18.7. The third kappa shape index (κ3) is 4.75. The topological polar surface area (TPSA) is 65.0 Å². The fourth-order valence-electron chi connectivity index (χ4n) is 4.90. The van der Waals surface area contributed by atoms with Crippen LogP contribution in [0.3, 0.4) is 0 Å². The summed E-state index contributed by atoms with van der Waals surface area (Å²) in [4.78, 5) is 0. The van der Waals surface area contributed by atoms with Crippen LogP contribution in [0.5, 0.6) is 5.75 Å². The smallest absolute Gasteiger partial charge is 0.511 e. The summed E-state index contributed by atoms with van der Waals surface area (Å²) in [5, 5.41) is 27.0. The van der Waals surface area contributed by atoms with Crippen molar-refractivity contribution in [2.24, 2.45) is 0 Å². The van der Waals surface area contributed by atoms with Gasteiger partial charge < -0.3 is 14.7 Å². The average Bonchev–Trinajstić information content (AvgIpc) is 3.10. The number of fused-ring (bicyclic) bond motifs is 5. The molecule has 0 amide bonds. The SMILES string of the molecule is C1=CC2CCCCNN2CC1.OB(O)Oc1c2ccccc2cc2c1ccc1ccccc12. The van der Waals surface area contributed by atoms with Crippen LogP contribution >= 0.6 is 0 Å². The lowest BCUT2D eigenvalue weighted by molar-refractivity contribution is 0.155. The molecule has 1 fully saturated rings. The second-order valence-electron chi connectivity index (χ2n) is 8.63. The van der Waals surface area contributed by atoms with Crippen molar-refractivity contribution in [3.8, 4) is 5.75 Å². The van der Waals surface area contributed by atoms with E-state index in [0.717, 1.165) is 32.3 Å². The molecule has 6 heteroatoms. The van der Waals surface area contributed by atoms with Crippen LogP contribution in [0.15, 0.2) is 78.9 Å². The number of rotatable bonds is 2. The molecule has 4 aromatic rings. The van der Waals surface area contributed by atoms with Gasteiger partial charge in [-0.2, -0.15) is 0 Å². The van der Waals surface area contributed by atoms with E-state index >= 15 is 0 Å². The van der Waals surface area contributed by atoms with Crippen LogP contribution in [-0.2, 0) is 0 Å². The zero-order valence-corrected chi connectivity index (χ0v) is 18.7. The van der Waals surface area contributed by atoms with Crippen LogP contribution in [0.4, 0.5) is 0 Å². The predicted molar refractivity (Wildman–Crippen MR) is 136 cm³/mol. The van der Waals surface area contributed by atoms with E-state index in [9.17, 15) is 10.0 Å². The van der Waals surface area contributed by atoms with Crippen molar-refractivity contribution < 1.29 is 14.7 Å². The molecule has 4 aromatic carbocycles. The van der Waals surface area contributed by atoms with Crippen LogP contribution in [-0.4, -0.2) is 41.5 Å². The van der Waals surface area contributed by atoms with Gasteiger partial charge in [0, 0.05) is 29.9 Å². The normalized spacial score (nSPS) is 18.4. The Balaban J connectivity index is 0.000000174. The van der Waals surface area contributed by atoms with Gasteiger partial charge in [-0.15, -0.1) is 0 Å². The van der Waals surface area contributed by atoms with Crippen molar-refractivity contribution in [1.29, 1.82) is 0 Å². The third-order valence-electron chi connectivity index (χ3n) is 6.48. The summed E-state index contributed by atoms with van der Waals surface area (Å²) in [5.74, 6) is 0.494. The standard InChI is InChI=1S/C18H13BO3.C9H16N2/c20-19(21)22-18-15-8-4-2-6-13(15)11-17-14-7-3-1-5-12(14)9-10-16(17)18;1-3-7-10-11-8-4-2-6-9(11)5-1/h1-11,20-21H;2,6,9-10H,1,3-5,7-8H2. The van der Waals surface area contributed by atoms with Gasteiger partial charge in [-0.1, -0.05) is 79.2 Å². The largest absolute Gasteiger partial charge is 0.707 e. The van der Waals surface area contributed by atoms with Gasteiger partial charge in [-0.25, -0.2) is 5.01 Å². The number of hydrogen-bond acceptors (Lipinski definition) is 5. The maximum Gasteiger partial charge on any atom is 0.707 e. The summed E-state index contributed by atoms with van der Waals surface area (Å²) in [7, 11) is -1.85. The van der Waals surface area contributed by atoms with Crippen molar-refractivity contribution in [3.05, 3.63) is 78.9 Å². The first-order chi connectivity index (χ1) is 16.2. The Morgan fingerprint density at radius 3 is 2.48 bits per heavy atom. The van der Waals surface area contributed by atoms with Crippen molar-refractivity contribution in [2.75, 3.05) is 13.1 Å². The lowest BCUT2D eigenvalue weighted by atomic mass is 9.97. The first-order valence-corrected chi connectivity index (χ1v) is 11.7. The number of benzene rings is 4. The highest BCUT2D eigenvalue weighted by Crippen LogP contribution is 2.38. The third-order valence-corrected chi connectivity index (χ3v) is 6.48. The van der Waals surface area contributed by atoms with Gasteiger partial charge in [0.2, 0.25) is 0 Å². The van der Waals surface area contributed by atoms with E-state index in [1.807, 2.05) is 48.5 Å². The molecule has 1 saturated heterocycles. The van der Waals surface area contributed by atoms with E-state index in [-0.39, 0.29) is 0 Å². The average molecular weight is 440 g/mol. The summed E-state index contributed by atoms with van der Waals surface area (Å²) in [6, 6.07) is 22.7. The van der Waals surface area contributed by atoms with Gasteiger partial charge in [0.05, 0.1) is 0 Å². The van der Waals surface area contributed by atoms with Crippen LogP contribution in [0.25, 0.3) is 32.3 Å². The van der Waals surface area contributed by atoms with Gasteiger partial charge in [-0.3, -0.25) is 5.43 Å². The molecule has 1 unspecified atom stereocenters. The Morgan fingerprint density at radius 1 is 0.848 bits per heavy atom. The van der Waals surface area contributed by atoms with Gasteiger partial charge in [0.15, 0.2) is 0 Å². The molecule has 6 rings (SSSR count). The van der Waals surface area contributed by atoms with Crippen LogP contribution in [0.2, 0.25) is 0 Å². The minimum absolute atomic E-state index is 0.494. The maximum absolute atomic E-state index is 9.27. The molecular weight excluding hydrogens is 411 g/mol. The fourth-order valence-corrected chi connectivity index (χ4v) is 4.90. The van der Waals surface area contributed by atoms with E-state index in [1.54, 1.807) is 0 Å². The van der Waals surface area contributed by atoms with Crippen LogP contribution < -0.4 is 10.1 Å². The number of nitrogens with zero attached hydrogens (tertiary/aromatic N) is 1. The highest BCUT2D eigenvalue weighted by atomic mass is 16.6. The first kappa shape index (κ1) is 21.9. The van der Waals surface area contributed by atoms with Crippen LogP contribution in [0.1, 0.15) is 25.7 Å². The van der Waals surface area contributed by atoms with Crippen molar-refractivity contribution in [3.63, 3.8) is 0 Å². The van der Waals surface area contributed by atoms with E-state index in [2.05, 4.69) is 40.8 Å². The van der Waals surface area contributed by atoms with Gasteiger partial charge in [-0.05, 0) is 46.9 Å². The number of nitrogens with one attached hydrogen (secondary N) is 1. The monoisotopic (exact) mass is 440 g/mol. The molecule has 0 radical (unpaired) electrons. The van der Waals surface area contributed by atoms with E-state index in [4.69, 9.17) is 4.65 Å². The summed E-state index contributed by atoms with van der Waals surface area (Å²) >= 11 is 0. The molecule has 0 aromatic heterocycles. The summed E-state index contributed by atoms with van der Waals surface area (Å²) in [5.41, 5.74) is 3.47. The van der Waals surface area contributed by atoms with Crippen LogP contribution in [0, 0.1) is 0 Å². The van der Waals surface area contributed by atoms with Crippen molar-refractivity contribution in [2.45, 2.75) is 31.7 Å². The Labute approximate surface area is 194 Å². The van der Waals surface area contributed by atoms with Gasteiger partial charge >= 0.3 is 7.32 Å². The van der Waals surface area contributed by atoms with E-state index in [1.165, 1.54) is 38.8 Å². The lowest BCUT2D eigenvalue weighted by Gasteiger charge is -2.30. The first-order valence-electron chi connectivity index (χ1n) is 11.7. The summed E-state index contributed by atoms with van der Waals surface area (Å²) < 4.78 is 5.30. The molecule has 0 aliphatic carbocycles. The zero-order chi connectivity index (χ0) is 22.6. The lowest BCUT2D eigenvalue weighted by Crippen LogP contribution is -2.45. The molecule has 0 spiro atoms.